The Labute approximate surface area is 92.6 Å². The Morgan fingerprint density at radius 3 is 3.00 bits per heavy atom. The van der Waals surface area contributed by atoms with E-state index in [1.54, 1.807) is 11.3 Å². The van der Waals surface area contributed by atoms with Gasteiger partial charge in [0.15, 0.2) is 0 Å². The summed E-state index contributed by atoms with van der Waals surface area (Å²) in [7, 11) is -3.59. The highest BCUT2D eigenvalue weighted by Crippen LogP contribution is 2.26. The number of thiophene rings is 1. The summed E-state index contributed by atoms with van der Waals surface area (Å²) < 4.78 is 29.1. The molecule has 1 aromatic rings. The van der Waals surface area contributed by atoms with Crippen molar-refractivity contribution >= 4 is 21.5 Å². The summed E-state index contributed by atoms with van der Waals surface area (Å²) in [6.45, 7) is 1.03. The van der Waals surface area contributed by atoms with Gasteiger partial charge in [-0.3, -0.25) is 0 Å². The first-order valence-electron chi connectivity index (χ1n) is 4.50. The zero-order chi connectivity index (χ0) is 10.9. The molecule has 0 amide bonds. The van der Waals surface area contributed by atoms with E-state index < -0.39 is 10.2 Å². The normalized spacial score (nSPS) is 24.2. The highest BCUT2D eigenvalue weighted by atomic mass is 32.2. The fourth-order valence-corrected chi connectivity index (χ4v) is 2.94. The predicted octanol–water partition coefficient (Wildman–Crippen LogP) is 0.325. The van der Waals surface area contributed by atoms with E-state index in [-0.39, 0.29) is 6.10 Å². The largest absolute Gasteiger partial charge is 0.370 e. The number of nitrogens with zero attached hydrogens (tertiary/aromatic N) is 1. The summed E-state index contributed by atoms with van der Waals surface area (Å²) in [6.07, 6.45) is -0.183. The van der Waals surface area contributed by atoms with Gasteiger partial charge in [0.2, 0.25) is 0 Å². The first-order chi connectivity index (χ1) is 7.07. The molecule has 1 unspecified atom stereocenters. The Morgan fingerprint density at radius 2 is 2.40 bits per heavy atom. The molecule has 1 saturated heterocycles. The van der Waals surface area contributed by atoms with Crippen LogP contribution in [0.3, 0.4) is 0 Å². The van der Waals surface area contributed by atoms with Gasteiger partial charge in [0, 0.05) is 18.0 Å². The zero-order valence-corrected chi connectivity index (χ0v) is 9.63. The standard InChI is InChI=1S/C8H12N2O3S2/c9-15(11,12)10-3-4-13-7(6-10)8-2-1-5-14-8/h1-2,5,7H,3-4,6H2,(H2,9,11,12). The fourth-order valence-electron chi connectivity index (χ4n) is 1.50. The van der Waals surface area contributed by atoms with Gasteiger partial charge in [0.05, 0.1) is 6.61 Å². The van der Waals surface area contributed by atoms with Crippen LogP contribution in [0.5, 0.6) is 0 Å². The van der Waals surface area contributed by atoms with Crippen LogP contribution in [0.15, 0.2) is 17.5 Å². The molecule has 1 aliphatic heterocycles. The molecule has 2 N–H and O–H groups in total. The summed E-state index contributed by atoms with van der Waals surface area (Å²) in [6, 6.07) is 3.85. The van der Waals surface area contributed by atoms with Crippen molar-refractivity contribution in [2.75, 3.05) is 19.7 Å². The molecule has 1 atom stereocenters. The van der Waals surface area contributed by atoms with Gasteiger partial charge in [0.1, 0.15) is 6.10 Å². The molecule has 0 aliphatic carbocycles. The third-order valence-electron chi connectivity index (χ3n) is 2.25. The molecule has 1 aromatic heterocycles. The smallest absolute Gasteiger partial charge is 0.277 e. The Morgan fingerprint density at radius 1 is 1.60 bits per heavy atom. The molecule has 15 heavy (non-hydrogen) atoms. The maximum Gasteiger partial charge on any atom is 0.277 e. The van der Waals surface area contributed by atoms with Crippen LogP contribution in [0, 0.1) is 0 Å². The van der Waals surface area contributed by atoms with Crippen LogP contribution in [0.4, 0.5) is 0 Å². The molecule has 84 valence electrons. The van der Waals surface area contributed by atoms with E-state index in [1.165, 1.54) is 4.31 Å². The zero-order valence-electron chi connectivity index (χ0n) is 8.00. The monoisotopic (exact) mass is 248 g/mol. The van der Waals surface area contributed by atoms with Crippen LogP contribution in [0.2, 0.25) is 0 Å². The molecule has 2 rings (SSSR count). The number of ether oxygens (including phenoxy) is 1. The maximum absolute atomic E-state index is 11.2. The molecular formula is C8H12N2O3S2. The third-order valence-corrected chi connectivity index (χ3v) is 4.27. The minimum absolute atomic E-state index is 0.183. The van der Waals surface area contributed by atoms with Crippen molar-refractivity contribution in [1.29, 1.82) is 0 Å². The first kappa shape index (κ1) is 11.0. The van der Waals surface area contributed by atoms with Crippen molar-refractivity contribution in [1.82, 2.24) is 4.31 Å². The molecule has 7 heteroatoms. The van der Waals surface area contributed by atoms with Crippen molar-refractivity contribution in [2.45, 2.75) is 6.10 Å². The highest BCUT2D eigenvalue weighted by Gasteiger charge is 2.28. The van der Waals surface area contributed by atoms with Crippen molar-refractivity contribution in [3.63, 3.8) is 0 Å². The lowest BCUT2D eigenvalue weighted by Gasteiger charge is -2.30. The molecular weight excluding hydrogens is 236 g/mol. The molecule has 0 saturated carbocycles. The average molecular weight is 248 g/mol. The van der Waals surface area contributed by atoms with Gasteiger partial charge in [-0.1, -0.05) is 6.07 Å². The van der Waals surface area contributed by atoms with Crippen LogP contribution in [-0.2, 0) is 14.9 Å². The summed E-state index contributed by atoms with van der Waals surface area (Å²) in [5.41, 5.74) is 0. The Bertz CT molecular complexity index is 415. The summed E-state index contributed by atoms with van der Waals surface area (Å²) in [5.74, 6) is 0. The average Bonchev–Trinajstić information content (AvgIpc) is 2.69. The van der Waals surface area contributed by atoms with Crippen molar-refractivity contribution < 1.29 is 13.2 Å². The first-order valence-corrected chi connectivity index (χ1v) is 6.88. The predicted molar refractivity (Wildman–Crippen MR) is 57.7 cm³/mol. The minimum atomic E-state index is -3.59. The number of rotatable bonds is 2. The number of morpholine rings is 1. The van der Waals surface area contributed by atoms with E-state index in [0.717, 1.165) is 4.88 Å². The molecule has 0 spiro atoms. The van der Waals surface area contributed by atoms with Crippen LogP contribution >= 0.6 is 11.3 Å². The lowest BCUT2D eigenvalue weighted by atomic mass is 10.2. The Hall–Kier alpha value is -0.470. The second-order valence-electron chi connectivity index (χ2n) is 3.28. The number of nitrogens with two attached hydrogens (primary N) is 1. The van der Waals surface area contributed by atoms with Crippen molar-refractivity contribution in [3.05, 3.63) is 22.4 Å². The number of hydrogen-bond donors (Lipinski definition) is 1. The van der Waals surface area contributed by atoms with Crippen LogP contribution in [0.1, 0.15) is 11.0 Å². The quantitative estimate of drug-likeness (QED) is 0.819. The summed E-state index contributed by atoms with van der Waals surface area (Å²) >= 11 is 1.55. The second kappa shape index (κ2) is 4.18. The molecule has 5 nitrogen and oxygen atoms in total. The molecule has 0 aromatic carbocycles. The SMILES string of the molecule is NS(=O)(=O)N1CCOC(c2cccs2)C1. The van der Waals surface area contributed by atoms with Gasteiger partial charge >= 0.3 is 0 Å². The second-order valence-corrected chi connectivity index (χ2v) is 5.80. The number of hydrogen-bond acceptors (Lipinski definition) is 4. The maximum atomic E-state index is 11.2. The Balaban J connectivity index is 2.12. The van der Waals surface area contributed by atoms with Gasteiger partial charge in [0.25, 0.3) is 10.2 Å². The Kier molecular flexibility index (Phi) is 3.08. The summed E-state index contributed by atoms with van der Waals surface area (Å²) in [5, 5.41) is 7.01. The molecule has 1 fully saturated rings. The van der Waals surface area contributed by atoms with Crippen LogP contribution in [-0.4, -0.2) is 32.4 Å². The highest BCUT2D eigenvalue weighted by molar-refractivity contribution is 7.86. The van der Waals surface area contributed by atoms with Crippen molar-refractivity contribution in [3.8, 4) is 0 Å². The van der Waals surface area contributed by atoms with Crippen molar-refractivity contribution in [2.24, 2.45) is 5.14 Å². The van der Waals surface area contributed by atoms with E-state index in [1.807, 2.05) is 17.5 Å². The van der Waals surface area contributed by atoms with Crippen LogP contribution in [0.25, 0.3) is 0 Å². The van der Waals surface area contributed by atoms with E-state index in [4.69, 9.17) is 9.88 Å². The lowest BCUT2D eigenvalue weighted by Crippen LogP contribution is -2.45. The molecule has 0 radical (unpaired) electrons. The topological polar surface area (TPSA) is 72.6 Å². The van der Waals surface area contributed by atoms with Gasteiger partial charge in [-0.05, 0) is 11.4 Å². The van der Waals surface area contributed by atoms with E-state index in [2.05, 4.69) is 0 Å². The molecule has 2 heterocycles. The molecule has 0 bridgehead atoms. The third kappa shape index (κ3) is 2.56. The van der Waals surface area contributed by atoms with Gasteiger partial charge in [-0.2, -0.15) is 12.7 Å². The van der Waals surface area contributed by atoms with E-state index >= 15 is 0 Å². The fraction of sp³-hybridized carbons (Fsp3) is 0.500. The van der Waals surface area contributed by atoms with E-state index in [0.29, 0.717) is 19.7 Å². The molecule has 1 aliphatic rings. The van der Waals surface area contributed by atoms with Gasteiger partial charge in [-0.15, -0.1) is 11.3 Å². The van der Waals surface area contributed by atoms with E-state index in [9.17, 15) is 8.42 Å². The van der Waals surface area contributed by atoms with Gasteiger partial charge < -0.3 is 4.74 Å². The van der Waals surface area contributed by atoms with Gasteiger partial charge in [-0.25, -0.2) is 5.14 Å². The summed E-state index contributed by atoms with van der Waals surface area (Å²) in [4.78, 5) is 1.03. The van der Waals surface area contributed by atoms with Crippen LogP contribution < -0.4 is 5.14 Å². The minimum Gasteiger partial charge on any atom is -0.370 e. The lowest BCUT2D eigenvalue weighted by molar-refractivity contribution is -0.000499.